The van der Waals surface area contributed by atoms with Crippen LogP contribution in [0.4, 0.5) is 0 Å². The lowest BCUT2D eigenvalue weighted by molar-refractivity contribution is 0.0203. The molecule has 1 fully saturated rings. The lowest BCUT2D eigenvalue weighted by Gasteiger charge is -2.21. The van der Waals surface area contributed by atoms with E-state index in [1.807, 2.05) is 12.1 Å². The van der Waals surface area contributed by atoms with Crippen LogP contribution in [-0.2, 0) is 16.0 Å². The van der Waals surface area contributed by atoms with Gasteiger partial charge in [-0.1, -0.05) is 28.1 Å². The zero-order valence-electron chi connectivity index (χ0n) is 14.8. The highest BCUT2D eigenvalue weighted by Gasteiger charge is 2.13. The Balaban J connectivity index is 0.00000312. The van der Waals surface area contributed by atoms with Gasteiger partial charge in [0, 0.05) is 51.0 Å². The van der Waals surface area contributed by atoms with Gasteiger partial charge >= 0.3 is 0 Å². The molecule has 0 spiro atoms. The largest absolute Gasteiger partial charge is 0.381 e. The molecule has 0 aliphatic carbocycles. The molecule has 0 radical (unpaired) electrons. The summed E-state index contributed by atoms with van der Waals surface area (Å²) in [5.41, 5.74) is 1.21. The minimum absolute atomic E-state index is 0. The van der Waals surface area contributed by atoms with Gasteiger partial charge in [-0.3, -0.25) is 4.99 Å². The number of hydrogen-bond donors (Lipinski definition) is 2. The molecule has 1 aromatic carbocycles. The van der Waals surface area contributed by atoms with Gasteiger partial charge in [0.05, 0.1) is 0 Å². The van der Waals surface area contributed by atoms with Crippen molar-refractivity contribution in [2.24, 2.45) is 10.9 Å². The second-order valence-electron chi connectivity index (χ2n) is 5.97. The zero-order chi connectivity index (χ0) is 17.0. The Kier molecular flexibility index (Phi) is 12.5. The molecular formula is C18H29BrIN3O2. The molecule has 0 unspecified atom stereocenters. The number of nitrogens with one attached hydrogen (secondary N) is 2. The van der Waals surface area contributed by atoms with Crippen molar-refractivity contribution >= 4 is 45.9 Å². The van der Waals surface area contributed by atoms with Crippen LogP contribution in [0.15, 0.2) is 33.7 Å². The van der Waals surface area contributed by atoms with Gasteiger partial charge in [0.2, 0.25) is 0 Å². The van der Waals surface area contributed by atoms with E-state index in [4.69, 9.17) is 9.47 Å². The van der Waals surface area contributed by atoms with Crippen LogP contribution < -0.4 is 10.6 Å². The predicted octanol–water partition coefficient (Wildman–Crippen LogP) is 3.57. The van der Waals surface area contributed by atoms with Gasteiger partial charge in [-0.15, -0.1) is 24.0 Å². The van der Waals surface area contributed by atoms with Crippen LogP contribution in [0.1, 0.15) is 24.8 Å². The minimum atomic E-state index is 0. The summed E-state index contributed by atoms with van der Waals surface area (Å²) in [5.74, 6) is 1.49. The van der Waals surface area contributed by atoms with Crippen LogP contribution in [-0.4, -0.2) is 46.0 Å². The predicted molar refractivity (Wildman–Crippen MR) is 117 cm³/mol. The summed E-state index contributed by atoms with van der Waals surface area (Å²) in [5, 5.41) is 6.64. The fraction of sp³-hybridized carbons (Fsp3) is 0.611. The number of guanidine groups is 1. The van der Waals surface area contributed by atoms with Gasteiger partial charge in [-0.25, -0.2) is 0 Å². The Labute approximate surface area is 176 Å². The van der Waals surface area contributed by atoms with E-state index in [0.717, 1.165) is 69.2 Å². The van der Waals surface area contributed by atoms with Crippen LogP contribution in [0.5, 0.6) is 0 Å². The Morgan fingerprint density at radius 1 is 1.32 bits per heavy atom. The molecule has 1 aromatic rings. The van der Waals surface area contributed by atoms with Crippen molar-refractivity contribution in [1.82, 2.24) is 10.6 Å². The molecule has 1 aliphatic rings. The van der Waals surface area contributed by atoms with E-state index < -0.39 is 0 Å². The number of ether oxygens (including phenoxy) is 2. The van der Waals surface area contributed by atoms with E-state index in [1.54, 1.807) is 7.05 Å². The molecule has 142 valence electrons. The first-order valence-corrected chi connectivity index (χ1v) is 9.41. The standard InChI is InChI=1S/C18H28BrN3O2.HI/c1-20-18(22-13-16-4-2-5-17(19)12-16)21-8-3-9-24-14-15-6-10-23-11-7-15;/h2,4-5,12,15H,3,6-11,13-14H2,1H3,(H2,20,21,22);1H. The first kappa shape index (κ1) is 22.7. The van der Waals surface area contributed by atoms with E-state index >= 15 is 0 Å². The molecule has 2 N–H and O–H groups in total. The first-order chi connectivity index (χ1) is 11.8. The normalized spacial score (nSPS) is 15.5. The number of halogens is 2. The lowest BCUT2D eigenvalue weighted by atomic mass is 10.0. The van der Waals surface area contributed by atoms with E-state index in [2.05, 4.69) is 43.7 Å². The van der Waals surface area contributed by atoms with Gasteiger partial charge in [0.15, 0.2) is 5.96 Å². The maximum Gasteiger partial charge on any atom is 0.191 e. The highest BCUT2D eigenvalue weighted by Crippen LogP contribution is 2.14. The highest BCUT2D eigenvalue weighted by molar-refractivity contribution is 14.0. The van der Waals surface area contributed by atoms with Crippen molar-refractivity contribution in [1.29, 1.82) is 0 Å². The van der Waals surface area contributed by atoms with Crippen molar-refractivity contribution in [2.45, 2.75) is 25.8 Å². The molecule has 0 aromatic heterocycles. The van der Waals surface area contributed by atoms with Gasteiger partial charge in [-0.2, -0.15) is 0 Å². The topological polar surface area (TPSA) is 54.9 Å². The summed E-state index contributed by atoms with van der Waals surface area (Å²) < 4.78 is 12.2. The number of nitrogens with zero attached hydrogens (tertiary/aromatic N) is 1. The maximum absolute atomic E-state index is 5.77. The second-order valence-corrected chi connectivity index (χ2v) is 6.88. The fourth-order valence-corrected chi connectivity index (χ4v) is 3.04. The molecule has 1 aliphatic heterocycles. The van der Waals surface area contributed by atoms with Gasteiger partial charge < -0.3 is 20.1 Å². The molecule has 5 nitrogen and oxygen atoms in total. The van der Waals surface area contributed by atoms with Crippen LogP contribution in [0, 0.1) is 5.92 Å². The minimum Gasteiger partial charge on any atom is -0.381 e. The SMILES string of the molecule is CN=C(NCCCOCC1CCOCC1)NCc1cccc(Br)c1.I. The smallest absolute Gasteiger partial charge is 0.191 e. The van der Waals surface area contributed by atoms with Crippen molar-refractivity contribution < 1.29 is 9.47 Å². The lowest BCUT2D eigenvalue weighted by Crippen LogP contribution is -2.37. The third kappa shape index (κ3) is 9.77. The quantitative estimate of drug-likeness (QED) is 0.236. The summed E-state index contributed by atoms with van der Waals surface area (Å²) in [7, 11) is 1.79. The van der Waals surface area contributed by atoms with Crippen molar-refractivity contribution in [3.05, 3.63) is 34.3 Å². The average Bonchev–Trinajstić information content (AvgIpc) is 2.61. The van der Waals surface area contributed by atoms with Crippen molar-refractivity contribution in [3.63, 3.8) is 0 Å². The van der Waals surface area contributed by atoms with E-state index in [0.29, 0.717) is 5.92 Å². The number of benzene rings is 1. The van der Waals surface area contributed by atoms with Gasteiger partial charge in [0.1, 0.15) is 0 Å². The third-order valence-corrected chi connectivity index (χ3v) is 4.52. The van der Waals surface area contributed by atoms with Crippen LogP contribution in [0.2, 0.25) is 0 Å². The average molecular weight is 526 g/mol. The Morgan fingerprint density at radius 2 is 2.12 bits per heavy atom. The second kappa shape index (κ2) is 13.8. The number of aliphatic imine (C=N–C) groups is 1. The van der Waals surface area contributed by atoms with E-state index in [-0.39, 0.29) is 24.0 Å². The van der Waals surface area contributed by atoms with Gasteiger partial charge in [0.25, 0.3) is 0 Å². The maximum atomic E-state index is 5.77. The van der Waals surface area contributed by atoms with Crippen LogP contribution in [0.3, 0.4) is 0 Å². The number of rotatable bonds is 8. The zero-order valence-corrected chi connectivity index (χ0v) is 18.7. The molecular weight excluding hydrogens is 497 g/mol. The fourth-order valence-electron chi connectivity index (χ4n) is 2.60. The summed E-state index contributed by atoms with van der Waals surface area (Å²) in [6, 6.07) is 8.25. The van der Waals surface area contributed by atoms with Crippen molar-refractivity contribution in [3.8, 4) is 0 Å². The van der Waals surface area contributed by atoms with Crippen LogP contribution >= 0.6 is 39.9 Å². The number of hydrogen-bond acceptors (Lipinski definition) is 3. The summed E-state index contributed by atoms with van der Waals surface area (Å²) in [4.78, 5) is 4.24. The molecule has 25 heavy (non-hydrogen) atoms. The Hall–Kier alpha value is -0.380. The molecule has 7 heteroatoms. The van der Waals surface area contributed by atoms with E-state index in [9.17, 15) is 0 Å². The highest BCUT2D eigenvalue weighted by atomic mass is 127. The summed E-state index contributed by atoms with van der Waals surface area (Å²) in [6.45, 7) is 5.02. The molecule has 0 amide bonds. The Bertz CT molecular complexity index is 511. The molecule has 0 bridgehead atoms. The third-order valence-electron chi connectivity index (χ3n) is 4.02. The van der Waals surface area contributed by atoms with E-state index in [1.165, 1.54) is 5.56 Å². The first-order valence-electron chi connectivity index (χ1n) is 8.62. The summed E-state index contributed by atoms with van der Waals surface area (Å²) >= 11 is 3.49. The monoisotopic (exact) mass is 525 g/mol. The molecule has 1 heterocycles. The van der Waals surface area contributed by atoms with Crippen LogP contribution in [0.25, 0.3) is 0 Å². The van der Waals surface area contributed by atoms with Crippen molar-refractivity contribution in [2.75, 3.05) is 40.0 Å². The molecule has 0 atom stereocenters. The Morgan fingerprint density at radius 3 is 2.84 bits per heavy atom. The van der Waals surface area contributed by atoms with Gasteiger partial charge in [-0.05, 0) is 42.9 Å². The molecule has 0 saturated carbocycles. The molecule has 2 rings (SSSR count). The summed E-state index contributed by atoms with van der Waals surface area (Å²) in [6.07, 6.45) is 3.23. The molecule has 1 saturated heterocycles.